The van der Waals surface area contributed by atoms with Crippen molar-refractivity contribution >= 4 is 5.71 Å². The summed E-state index contributed by atoms with van der Waals surface area (Å²) in [5.41, 5.74) is 6.31. The summed E-state index contributed by atoms with van der Waals surface area (Å²) in [6.07, 6.45) is 2.86. The van der Waals surface area contributed by atoms with Crippen LogP contribution in [0.3, 0.4) is 0 Å². The highest BCUT2D eigenvalue weighted by atomic mass is 15.3. The molecule has 2 heteroatoms. The normalized spacial score (nSPS) is 16.8. The zero-order valence-corrected chi connectivity index (χ0v) is 6.76. The van der Waals surface area contributed by atoms with Crippen molar-refractivity contribution in [2.75, 3.05) is 0 Å². The fraction of sp³-hybridized carbons (Fsp3) is 0.625. The molecule has 0 aromatic heterocycles. The smallest absolute Gasteiger partial charge is 0.0678 e. The molecule has 0 aromatic carbocycles. The number of rotatable bonds is 2. The zero-order valence-electron chi connectivity index (χ0n) is 6.76. The van der Waals surface area contributed by atoms with E-state index in [9.17, 15) is 0 Å². The van der Waals surface area contributed by atoms with E-state index in [1.54, 1.807) is 0 Å². The van der Waals surface area contributed by atoms with Gasteiger partial charge in [0.25, 0.3) is 0 Å². The largest absolute Gasteiger partial charge is 0.159 e. The van der Waals surface area contributed by atoms with Crippen LogP contribution in [0.2, 0.25) is 0 Å². The molecular formula is C8H13N2. The second-order valence-electron chi connectivity index (χ2n) is 2.75. The lowest BCUT2D eigenvalue weighted by Gasteiger charge is -2.05. The molecular weight excluding hydrogens is 124 g/mol. The molecule has 0 bridgehead atoms. The summed E-state index contributed by atoms with van der Waals surface area (Å²) in [5.74, 6) is 0.560. The first-order chi connectivity index (χ1) is 4.75. The van der Waals surface area contributed by atoms with E-state index >= 15 is 0 Å². The quantitative estimate of drug-likeness (QED) is 0.556. The van der Waals surface area contributed by atoms with Crippen LogP contribution in [0.25, 0.3) is 0 Å². The summed E-state index contributed by atoms with van der Waals surface area (Å²) in [6, 6.07) is 0. The fourth-order valence-electron chi connectivity index (χ4n) is 1.05. The van der Waals surface area contributed by atoms with Gasteiger partial charge in [0.1, 0.15) is 0 Å². The van der Waals surface area contributed by atoms with Gasteiger partial charge in [-0.1, -0.05) is 20.8 Å². The Kier molecular flexibility index (Phi) is 2.10. The summed E-state index contributed by atoms with van der Waals surface area (Å²) in [6.45, 7) is 6.44. The van der Waals surface area contributed by atoms with Crippen LogP contribution < -0.4 is 5.43 Å². The standard InChI is InChI=1S/C8H13N2/c1-4-8-7(6(2)3)5-9-10-8/h5-6H,4H2,1-3H3. The van der Waals surface area contributed by atoms with Crippen LogP contribution >= 0.6 is 0 Å². The van der Waals surface area contributed by atoms with Gasteiger partial charge in [0.05, 0.1) is 11.9 Å². The molecule has 0 aliphatic carbocycles. The molecule has 0 saturated heterocycles. The van der Waals surface area contributed by atoms with E-state index in [0.29, 0.717) is 5.92 Å². The number of nitrogens with zero attached hydrogens (tertiary/aromatic N) is 2. The first-order valence-corrected chi connectivity index (χ1v) is 3.72. The molecule has 0 spiro atoms. The van der Waals surface area contributed by atoms with Crippen LogP contribution in [0.5, 0.6) is 0 Å². The third-order valence-electron chi connectivity index (χ3n) is 1.67. The zero-order chi connectivity index (χ0) is 7.56. The SMILES string of the molecule is CCC1=N[N]C=C1C(C)C. The molecule has 1 rings (SSSR count). The predicted octanol–water partition coefficient (Wildman–Crippen LogP) is 1.91. The molecule has 1 radical (unpaired) electrons. The Morgan fingerprint density at radius 2 is 2.20 bits per heavy atom. The Bertz CT molecular complexity index is 178. The van der Waals surface area contributed by atoms with Gasteiger partial charge < -0.3 is 0 Å². The van der Waals surface area contributed by atoms with Crippen molar-refractivity contribution in [2.24, 2.45) is 11.0 Å². The monoisotopic (exact) mass is 137 g/mol. The Hall–Kier alpha value is -0.790. The maximum atomic E-state index is 4.01. The lowest BCUT2D eigenvalue weighted by Crippen LogP contribution is -2.03. The summed E-state index contributed by atoms with van der Waals surface area (Å²) < 4.78 is 0. The Morgan fingerprint density at radius 3 is 2.60 bits per heavy atom. The Labute approximate surface area is 62.0 Å². The van der Waals surface area contributed by atoms with Gasteiger partial charge in [0.15, 0.2) is 0 Å². The first-order valence-electron chi connectivity index (χ1n) is 3.72. The lowest BCUT2D eigenvalue weighted by atomic mass is 9.99. The predicted molar refractivity (Wildman–Crippen MR) is 42.8 cm³/mol. The molecule has 0 atom stereocenters. The maximum Gasteiger partial charge on any atom is 0.0678 e. The van der Waals surface area contributed by atoms with Crippen molar-refractivity contribution in [3.63, 3.8) is 0 Å². The van der Waals surface area contributed by atoms with Crippen molar-refractivity contribution in [3.05, 3.63) is 11.8 Å². The molecule has 0 saturated carbocycles. The highest BCUT2D eigenvalue weighted by molar-refractivity contribution is 6.01. The second-order valence-corrected chi connectivity index (χ2v) is 2.75. The summed E-state index contributed by atoms with van der Waals surface area (Å²) in [7, 11) is 0. The van der Waals surface area contributed by atoms with Gasteiger partial charge in [-0.05, 0) is 17.9 Å². The van der Waals surface area contributed by atoms with Crippen molar-refractivity contribution in [3.8, 4) is 0 Å². The lowest BCUT2D eigenvalue weighted by molar-refractivity contribution is 0.798. The molecule has 0 aromatic rings. The Balaban J connectivity index is 2.69. The van der Waals surface area contributed by atoms with Crippen molar-refractivity contribution in [1.82, 2.24) is 5.43 Å². The average Bonchev–Trinajstić information content (AvgIpc) is 2.33. The van der Waals surface area contributed by atoms with E-state index in [4.69, 9.17) is 0 Å². The molecule has 1 heterocycles. The first kappa shape index (κ1) is 7.32. The summed E-state index contributed by atoms with van der Waals surface area (Å²) in [5, 5.41) is 4.01. The molecule has 55 valence electrons. The average molecular weight is 137 g/mol. The topological polar surface area (TPSA) is 26.5 Å². The minimum atomic E-state index is 0.560. The van der Waals surface area contributed by atoms with Crippen LogP contribution in [-0.2, 0) is 0 Å². The van der Waals surface area contributed by atoms with Gasteiger partial charge in [-0.3, -0.25) is 0 Å². The van der Waals surface area contributed by atoms with Crippen LogP contribution in [0.4, 0.5) is 0 Å². The fourth-order valence-corrected chi connectivity index (χ4v) is 1.05. The van der Waals surface area contributed by atoms with Gasteiger partial charge >= 0.3 is 0 Å². The molecule has 0 fully saturated rings. The number of hydrogen-bond acceptors (Lipinski definition) is 1. The van der Waals surface area contributed by atoms with Gasteiger partial charge in [-0.25, -0.2) is 0 Å². The molecule has 2 nitrogen and oxygen atoms in total. The summed E-state index contributed by atoms with van der Waals surface area (Å²) >= 11 is 0. The van der Waals surface area contributed by atoms with Crippen molar-refractivity contribution in [1.29, 1.82) is 0 Å². The third-order valence-corrected chi connectivity index (χ3v) is 1.67. The molecule has 0 N–H and O–H groups in total. The van der Waals surface area contributed by atoms with Gasteiger partial charge in [-0.15, -0.1) is 0 Å². The minimum absolute atomic E-state index is 0.560. The third kappa shape index (κ3) is 1.20. The molecule has 0 unspecified atom stereocenters. The van der Waals surface area contributed by atoms with Gasteiger partial charge in [0.2, 0.25) is 0 Å². The maximum absolute atomic E-state index is 4.01. The van der Waals surface area contributed by atoms with E-state index in [1.165, 1.54) is 5.57 Å². The van der Waals surface area contributed by atoms with Gasteiger partial charge in [-0.2, -0.15) is 10.5 Å². The summed E-state index contributed by atoms with van der Waals surface area (Å²) in [4.78, 5) is 0. The van der Waals surface area contributed by atoms with E-state index in [1.807, 2.05) is 6.20 Å². The highest BCUT2D eigenvalue weighted by Gasteiger charge is 2.13. The molecule has 1 aliphatic rings. The van der Waals surface area contributed by atoms with Crippen LogP contribution in [0.15, 0.2) is 16.9 Å². The highest BCUT2D eigenvalue weighted by Crippen LogP contribution is 2.16. The van der Waals surface area contributed by atoms with Crippen LogP contribution in [-0.4, -0.2) is 5.71 Å². The van der Waals surface area contributed by atoms with E-state index in [2.05, 4.69) is 31.3 Å². The number of hydrogen-bond donors (Lipinski definition) is 0. The van der Waals surface area contributed by atoms with Crippen LogP contribution in [0.1, 0.15) is 27.2 Å². The molecule has 0 amide bonds. The van der Waals surface area contributed by atoms with E-state index < -0.39 is 0 Å². The van der Waals surface area contributed by atoms with Crippen LogP contribution in [0, 0.1) is 5.92 Å². The minimum Gasteiger partial charge on any atom is -0.159 e. The second kappa shape index (κ2) is 2.86. The number of allylic oxidation sites excluding steroid dienone is 1. The molecule has 10 heavy (non-hydrogen) atoms. The van der Waals surface area contributed by atoms with Gasteiger partial charge in [0, 0.05) is 0 Å². The molecule has 1 aliphatic heterocycles. The Morgan fingerprint density at radius 1 is 1.50 bits per heavy atom. The van der Waals surface area contributed by atoms with E-state index in [-0.39, 0.29) is 0 Å². The van der Waals surface area contributed by atoms with Crippen molar-refractivity contribution < 1.29 is 0 Å². The van der Waals surface area contributed by atoms with E-state index in [0.717, 1.165) is 12.1 Å². The van der Waals surface area contributed by atoms with Crippen molar-refractivity contribution in [2.45, 2.75) is 27.2 Å².